The van der Waals surface area contributed by atoms with Gasteiger partial charge < -0.3 is 10.2 Å². The van der Waals surface area contributed by atoms with Crippen LogP contribution < -0.4 is 0 Å². The third-order valence-electron chi connectivity index (χ3n) is 2.12. The molecule has 0 radical (unpaired) electrons. The Kier molecular flexibility index (Phi) is 3.44. The van der Waals surface area contributed by atoms with Gasteiger partial charge in [0, 0.05) is 0 Å². The molecule has 4 nitrogen and oxygen atoms in total. The van der Waals surface area contributed by atoms with E-state index < -0.39 is 17.9 Å². The van der Waals surface area contributed by atoms with Crippen molar-refractivity contribution in [2.75, 3.05) is 0 Å². The Labute approximate surface area is 87.2 Å². The summed E-state index contributed by atoms with van der Waals surface area (Å²) in [6.45, 7) is 1.88. The van der Waals surface area contributed by atoms with Crippen molar-refractivity contribution in [2.24, 2.45) is 5.92 Å². The molecule has 0 heterocycles. The van der Waals surface area contributed by atoms with Crippen LogP contribution in [0.4, 0.5) is 0 Å². The van der Waals surface area contributed by atoms with Gasteiger partial charge in [0.25, 0.3) is 0 Å². The first-order chi connectivity index (χ1) is 7.00. The summed E-state index contributed by atoms with van der Waals surface area (Å²) in [5, 5.41) is 17.4. The van der Waals surface area contributed by atoms with E-state index in [1.165, 1.54) is 0 Å². The summed E-state index contributed by atoms with van der Waals surface area (Å²) in [6, 6.07) is 7.18. The van der Waals surface area contributed by atoms with E-state index in [1.807, 2.05) is 13.0 Å². The molecule has 1 rings (SSSR count). The van der Waals surface area contributed by atoms with Crippen LogP contribution in [0.25, 0.3) is 0 Å². The van der Waals surface area contributed by atoms with Crippen LogP contribution >= 0.6 is 0 Å². The predicted molar refractivity (Wildman–Crippen MR) is 53.6 cm³/mol. The molecule has 0 unspecified atom stereocenters. The number of aryl methyl sites for hydroxylation is 1. The van der Waals surface area contributed by atoms with Gasteiger partial charge in [-0.05, 0) is 18.9 Å². The van der Waals surface area contributed by atoms with Crippen molar-refractivity contribution < 1.29 is 19.8 Å². The molecule has 15 heavy (non-hydrogen) atoms. The zero-order valence-corrected chi connectivity index (χ0v) is 8.30. The molecule has 1 aromatic carbocycles. The van der Waals surface area contributed by atoms with E-state index in [1.54, 1.807) is 18.2 Å². The number of hydrogen-bond acceptors (Lipinski definition) is 2. The molecule has 0 aromatic heterocycles. The molecular weight excluding hydrogens is 196 g/mol. The van der Waals surface area contributed by atoms with Crippen molar-refractivity contribution in [3.63, 3.8) is 0 Å². The van der Waals surface area contributed by atoms with Crippen LogP contribution in [0, 0.1) is 12.8 Å². The molecule has 0 aliphatic carbocycles. The van der Waals surface area contributed by atoms with Crippen molar-refractivity contribution in [2.45, 2.75) is 13.3 Å². The third kappa shape index (κ3) is 3.09. The number of carboxylic acids is 2. The largest absolute Gasteiger partial charge is 0.481 e. The highest BCUT2D eigenvalue weighted by molar-refractivity contribution is 5.93. The predicted octanol–water partition coefficient (Wildman–Crippen LogP) is 1.32. The Morgan fingerprint density at radius 1 is 1.27 bits per heavy atom. The zero-order valence-electron chi connectivity index (χ0n) is 8.30. The van der Waals surface area contributed by atoms with Gasteiger partial charge in [0.2, 0.25) is 0 Å². The van der Waals surface area contributed by atoms with Gasteiger partial charge in [-0.15, -0.1) is 0 Å². The number of aliphatic carboxylic acids is 2. The van der Waals surface area contributed by atoms with Crippen LogP contribution in [-0.4, -0.2) is 22.2 Å². The molecule has 80 valence electrons. The second kappa shape index (κ2) is 4.59. The van der Waals surface area contributed by atoms with Crippen LogP contribution in [0.5, 0.6) is 0 Å². The minimum absolute atomic E-state index is 0.0202. The van der Waals surface area contributed by atoms with Crippen molar-refractivity contribution in [1.82, 2.24) is 0 Å². The molecule has 0 amide bonds. The maximum atomic E-state index is 10.6. The van der Waals surface area contributed by atoms with Gasteiger partial charge in [0.05, 0.1) is 0 Å². The Bertz CT molecular complexity index is 370. The molecule has 4 heteroatoms. The van der Waals surface area contributed by atoms with E-state index in [2.05, 4.69) is 0 Å². The first-order valence-corrected chi connectivity index (χ1v) is 4.52. The van der Waals surface area contributed by atoms with E-state index in [0.717, 1.165) is 11.1 Å². The monoisotopic (exact) mass is 208 g/mol. The Balaban J connectivity index is 2.83. The lowest BCUT2D eigenvalue weighted by Crippen LogP contribution is -2.25. The smallest absolute Gasteiger partial charge is 0.318 e. The average molecular weight is 208 g/mol. The van der Waals surface area contributed by atoms with Gasteiger partial charge in [-0.3, -0.25) is 9.59 Å². The Morgan fingerprint density at radius 3 is 2.33 bits per heavy atom. The number of carbonyl (C=O) groups is 2. The highest BCUT2D eigenvalue weighted by atomic mass is 16.4. The number of carboxylic acid groups (broad SMARTS) is 2. The highest BCUT2D eigenvalue weighted by Crippen LogP contribution is 2.11. The minimum Gasteiger partial charge on any atom is -0.481 e. The normalized spacial score (nSPS) is 10.3. The molecule has 0 saturated heterocycles. The van der Waals surface area contributed by atoms with Gasteiger partial charge in [-0.1, -0.05) is 29.8 Å². The van der Waals surface area contributed by atoms with E-state index in [4.69, 9.17) is 10.2 Å². The van der Waals surface area contributed by atoms with Crippen LogP contribution in [0.3, 0.4) is 0 Å². The molecule has 0 bridgehead atoms. The Hall–Kier alpha value is -1.84. The molecule has 0 fully saturated rings. The van der Waals surface area contributed by atoms with E-state index in [9.17, 15) is 9.59 Å². The Morgan fingerprint density at radius 2 is 1.87 bits per heavy atom. The lowest BCUT2D eigenvalue weighted by atomic mass is 9.98. The summed E-state index contributed by atoms with van der Waals surface area (Å²) >= 11 is 0. The van der Waals surface area contributed by atoms with Crippen LogP contribution in [0.1, 0.15) is 11.1 Å². The molecule has 0 aliphatic rings. The third-order valence-corrected chi connectivity index (χ3v) is 2.12. The van der Waals surface area contributed by atoms with Crippen molar-refractivity contribution >= 4 is 11.9 Å². The minimum atomic E-state index is -1.37. The summed E-state index contributed by atoms with van der Waals surface area (Å²) in [7, 11) is 0. The van der Waals surface area contributed by atoms with Crippen molar-refractivity contribution in [3.05, 3.63) is 35.4 Å². The lowest BCUT2D eigenvalue weighted by Gasteiger charge is -2.07. The summed E-state index contributed by atoms with van der Waals surface area (Å²) in [5.41, 5.74) is 1.71. The first kappa shape index (κ1) is 11.2. The maximum Gasteiger partial charge on any atom is 0.318 e. The number of benzene rings is 1. The summed E-state index contributed by atoms with van der Waals surface area (Å²) < 4.78 is 0. The zero-order chi connectivity index (χ0) is 11.4. The van der Waals surface area contributed by atoms with Crippen LogP contribution in [0.2, 0.25) is 0 Å². The van der Waals surface area contributed by atoms with Gasteiger partial charge in [0.15, 0.2) is 5.92 Å². The number of rotatable bonds is 4. The molecule has 0 atom stereocenters. The fourth-order valence-electron chi connectivity index (χ4n) is 1.36. The molecule has 0 aliphatic heterocycles. The van der Waals surface area contributed by atoms with Gasteiger partial charge >= 0.3 is 11.9 Å². The molecule has 0 spiro atoms. The van der Waals surface area contributed by atoms with Crippen LogP contribution in [-0.2, 0) is 16.0 Å². The van der Waals surface area contributed by atoms with Gasteiger partial charge in [-0.2, -0.15) is 0 Å². The standard InChI is InChI=1S/C11H12O4/c1-7-3-2-4-8(5-7)6-9(10(12)13)11(14)15/h2-5,9H,6H2,1H3,(H,12,13)(H,14,15). The first-order valence-electron chi connectivity index (χ1n) is 4.52. The average Bonchev–Trinajstić information content (AvgIpc) is 2.13. The topological polar surface area (TPSA) is 74.6 Å². The van der Waals surface area contributed by atoms with E-state index >= 15 is 0 Å². The molecular formula is C11H12O4. The molecule has 1 aromatic rings. The fourth-order valence-corrected chi connectivity index (χ4v) is 1.36. The molecule has 2 N–H and O–H groups in total. The lowest BCUT2D eigenvalue weighted by molar-refractivity contribution is -0.154. The van der Waals surface area contributed by atoms with Crippen LogP contribution in [0.15, 0.2) is 24.3 Å². The SMILES string of the molecule is Cc1cccc(CC(C(=O)O)C(=O)O)c1. The second-order valence-electron chi connectivity index (χ2n) is 3.42. The van der Waals surface area contributed by atoms with E-state index in [-0.39, 0.29) is 6.42 Å². The van der Waals surface area contributed by atoms with E-state index in [0.29, 0.717) is 0 Å². The fraction of sp³-hybridized carbons (Fsp3) is 0.273. The summed E-state index contributed by atoms with van der Waals surface area (Å²) in [6.07, 6.45) is 0.0202. The van der Waals surface area contributed by atoms with Gasteiger partial charge in [-0.25, -0.2) is 0 Å². The summed E-state index contributed by atoms with van der Waals surface area (Å²) in [5.74, 6) is -3.97. The van der Waals surface area contributed by atoms with Gasteiger partial charge in [0.1, 0.15) is 0 Å². The highest BCUT2D eigenvalue weighted by Gasteiger charge is 2.25. The van der Waals surface area contributed by atoms with Crippen molar-refractivity contribution in [3.8, 4) is 0 Å². The maximum absolute atomic E-state index is 10.6. The quantitative estimate of drug-likeness (QED) is 0.732. The number of hydrogen-bond donors (Lipinski definition) is 2. The van der Waals surface area contributed by atoms with Crippen molar-refractivity contribution in [1.29, 1.82) is 0 Å². The second-order valence-corrected chi connectivity index (χ2v) is 3.42. The molecule has 0 saturated carbocycles. The summed E-state index contributed by atoms with van der Waals surface area (Å²) in [4.78, 5) is 21.3.